The van der Waals surface area contributed by atoms with E-state index in [9.17, 15) is 14.0 Å². The van der Waals surface area contributed by atoms with Gasteiger partial charge in [0.2, 0.25) is 11.8 Å². The molecule has 4 N–H and O–H groups in total. The van der Waals surface area contributed by atoms with Crippen molar-refractivity contribution in [3.63, 3.8) is 0 Å². The van der Waals surface area contributed by atoms with Gasteiger partial charge in [0.05, 0.1) is 5.69 Å². The summed E-state index contributed by atoms with van der Waals surface area (Å²) in [7, 11) is 3.40. The number of amides is 2. The second kappa shape index (κ2) is 8.21. The Morgan fingerprint density at radius 2 is 1.86 bits per heavy atom. The van der Waals surface area contributed by atoms with Gasteiger partial charge < -0.3 is 21.3 Å². The first-order valence-corrected chi connectivity index (χ1v) is 6.66. The first kappa shape index (κ1) is 16.9. The van der Waals surface area contributed by atoms with Crippen LogP contribution in [0.2, 0.25) is 0 Å². The van der Waals surface area contributed by atoms with Gasteiger partial charge in [0.1, 0.15) is 5.82 Å². The monoisotopic (exact) mass is 296 g/mol. The molecule has 0 aromatic heterocycles. The van der Waals surface area contributed by atoms with Crippen molar-refractivity contribution in [3.8, 4) is 0 Å². The number of nitrogens with two attached hydrogens (primary N) is 1. The highest BCUT2D eigenvalue weighted by Crippen LogP contribution is 2.17. The Balaban J connectivity index is 2.37. The van der Waals surface area contributed by atoms with E-state index in [4.69, 9.17) is 5.73 Å². The molecule has 0 aliphatic carbocycles. The Morgan fingerprint density at radius 1 is 1.24 bits per heavy atom. The standard InChI is InChI=1S/C14H21FN4O2/c1-17-13(20)5-7-19(2)8-6-14(21)18-12-9-10(16)3-4-11(12)15/h3-4,9H,5-8,16H2,1-2H3,(H,17,20)(H,18,21). The maximum Gasteiger partial charge on any atom is 0.225 e. The molecule has 0 aliphatic rings. The summed E-state index contributed by atoms with van der Waals surface area (Å²) in [6.07, 6.45) is 0.580. The molecule has 0 bridgehead atoms. The SMILES string of the molecule is CNC(=O)CCN(C)CCC(=O)Nc1cc(N)ccc1F. The van der Waals surface area contributed by atoms with Crippen LogP contribution in [0.3, 0.4) is 0 Å². The molecule has 0 heterocycles. The molecular formula is C14H21FN4O2. The Morgan fingerprint density at radius 3 is 2.48 bits per heavy atom. The van der Waals surface area contributed by atoms with Crippen molar-refractivity contribution in [2.75, 3.05) is 38.2 Å². The number of carbonyl (C=O) groups is 2. The number of anilines is 2. The third kappa shape index (κ3) is 6.22. The first-order chi connectivity index (χ1) is 9.92. The lowest BCUT2D eigenvalue weighted by atomic mass is 10.2. The van der Waals surface area contributed by atoms with E-state index in [1.54, 1.807) is 7.05 Å². The van der Waals surface area contributed by atoms with Crippen LogP contribution in [0, 0.1) is 5.82 Å². The molecule has 1 aromatic rings. The molecule has 2 amide bonds. The lowest BCUT2D eigenvalue weighted by Gasteiger charge is -2.15. The van der Waals surface area contributed by atoms with Crippen molar-refractivity contribution >= 4 is 23.2 Å². The van der Waals surface area contributed by atoms with E-state index in [1.165, 1.54) is 18.2 Å². The molecule has 0 radical (unpaired) electrons. The molecule has 0 aliphatic heterocycles. The summed E-state index contributed by atoms with van der Waals surface area (Å²) in [4.78, 5) is 24.7. The molecule has 6 nitrogen and oxygen atoms in total. The van der Waals surface area contributed by atoms with Gasteiger partial charge in [-0.05, 0) is 25.2 Å². The van der Waals surface area contributed by atoms with Crippen molar-refractivity contribution in [2.24, 2.45) is 0 Å². The number of hydrogen-bond acceptors (Lipinski definition) is 4. The Bertz CT molecular complexity index is 508. The minimum atomic E-state index is -0.523. The molecule has 0 saturated heterocycles. The molecule has 7 heteroatoms. The summed E-state index contributed by atoms with van der Waals surface area (Å²) in [6.45, 7) is 1.03. The van der Waals surface area contributed by atoms with Crippen LogP contribution in [0.25, 0.3) is 0 Å². The van der Waals surface area contributed by atoms with E-state index in [1.807, 2.05) is 11.9 Å². The second-order valence-electron chi connectivity index (χ2n) is 4.76. The molecule has 21 heavy (non-hydrogen) atoms. The van der Waals surface area contributed by atoms with Crippen LogP contribution < -0.4 is 16.4 Å². The number of nitrogen functional groups attached to an aromatic ring is 1. The van der Waals surface area contributed by atoms with Crippen LogP contribution >= 0.6 is 0 Å². The molecular weight excluding hydrogens is 275 g/mol. The van der Waals surface area contributed by atoms with Crippen LogP contribution in [0.1, 0.15) is 12.8 Å². The number of nitrogens with zero attached hydrogens (tertiary/aromatic N) is 1. The second-order valence-corrected chi connectivity index (χ2v) is 4.76. The van der Waals surface area contributed by atoms with Gasteiger partial charge in [-0.2, -0.15) is 0 Å². The zero-order valence-corrected chi connectivity index (χ0v) is 12.3. The molecule has 1 aromatic carbocycles. The summed E-state index contributed by atoms with van der Waals surface area (Å²) >= 11 is 0. The number of carbonyl (C=O) groups excluding carboxylic acids is 2. The van der Waals surface area contributed by atoms with Gasteiger partial charge in [-0.15, -0.1) is 0 Å². The summed E-state index contributed by atoms with van der Waals surface area (Å²) in [6, 6.07) is 4.01. The number of hydrogen-bond donors (Lipinski definition) is 3. The van der Waals surface area contributed by atoms with Gasteiger partial charge in [0.25, 0.3) is 0 Å². The van der Waals surface area contributed by atoms with E-state index in [0.717, 1.165) is 0 Å². The summed E-state index contributed by atoms with van der Waals surface area (Å²) in [5.74, 6) is -0.870. The number of rotatable bonds is 7. The quantitative estimate of drug-likeness (QED) is 0.650. The van der Waals surface area contributed by atoms with Crippen LogP contribution in [0.15, 0.2) is 18.2 Å². The lowest BCUT2D eigenvalue weighted by Crippen LogP contribution is -2.29. The summed E-state index contributed by atoms with van der Waals surface area (Å²) in [5, 5.41) is 5.01. The summed E-state index contributed by atoms with van der Waals surface area (Å²) in [5.41, 5.74) is 6.00. The maximum absolute atomic E-state index is 13.5. The molecule has 1 rings (SSSR count). The Kier molecular flexibility index (Phi) is 6.61. The number of nitrogens with one attached hydrogen (secondary N) is 2. The van der Waals surface area contributed by atoms with Crippen LogP contribution in [-0.4, -0.2) is 43.9 Å². The van der Waals surface area contributed by atoms with Crippen molar-refractivity contribution in [1.29, 1.82) is 0 Å². The van der Waals surface area contributed by atoms with E-state index in [2.05, 4.69) is 10.6 Å². The molecule has 0 unspecified atom stereocenters. The highest BCUT2D eigenvalue weighted by atomic mass is 19.1. The fraction of sp³-hybridized carbons (Fsp3) is 0.429. The fourth-order valence-electron chi connectivity index (χ4n) is 1.67. The van der Waals surface area contributed by atoms with E-state index < -0.39 is 5.82 Å². The van der Waals surface area contributed by atoms with Gasteiger partial charge in [0.15, 0.2) is 0 Å². The normalized spacial score (nSPS) is 10.5. The minimum absolute atomic E-state index is 0.0480. The van der Waals surface area contributed by atoms with Gasteiger partial charge in [0, 0.05) is 38.7 Å². The van der Waals surface area contributed by atoms with E-state index in [0.29, 0.717) is 25.2 Å². The average Bonchev–Trinajstić information content (AvgIpc) is 2.46. The topological polar surface area (TPSA) is 87.5 Å². The van der Waals surface area contributed by atoms with Crippen molar-refractivity contribution in [1.82, 2.24) is 10.2 Å². The van der Waals surface area contributed by atoms with Crippen molar-refractivity contribution < 1.29 is 14.0 Å². The van der Waals surface area contributed by atoms with Crippen LogP contribution in [0.5, 0.6) is 0 Å². The molecule has 0 spiro atoms. The van der Waals surface area contributed by atoms with E-state index in [-0.39, 0.29) is 23.9 Å². The smallest absolute Gasteiger partial charge is 0.225 e. The van der Waals surface area contributed by atoms with Crippen molar-refractivity contribution in [2.45, 2.75) is 12.8 Å². The highest BCUT2D eigenvalue weighted by Gasteiger charge is 2.09. The Labute approximate surface area is 123 Å². The minimum Gasteiger partial charge on any atom is -0.399 e. The van der Waals surface area contributed by atoms with Gasteiger partial charge in [-0.25, -0.2) is 4.39 Å². The fourth-order valence-corrected chi connectivity index (χ4v) is 1.67. The average molecular weight is 296 g/mol. The summed E-state index contributed by atoms with van der Waals surface area (Å²) < 4.78 is 13.5. The predicted molar refractivity (Wildman–Crippen MR) is 80.2 cm³/mol. The van der Waals surface area contributed by atoms with Crippen LogP contribution in [0.4, 0.5) is 15.8 Å². The third-order valence-corrected chi connectivity index (χ3v) is 2.98. The van der Waals surface area contributed by atoms with Crippen LogP contribution in [-0.2, 0) is 9.59 Å². The zero-order chi connectivity index (χ0) is 15.8. The maximum atomic E-state index is 13.5. The number of benzene rings is 1. The molecule has 0 atom stereocenters. The molecule has 116 valence electrons. The van der Waals surface area contributed by atoms with Gasteiger partial charge >= 0.3 is 0 Å². The molecule has 0 saturated carbocycles. The molecule has 0 fully saturated rings. The van der Waals surface area contributed by atoms with Gasteiger partial charge in [-0.1, -0.05) is 0 Å². The zero-order valence-electron chi connectivity index (χ0n) is 12.3. The first-order valence-electron chi connectivity index (χ1n) is 6.66. The highest BCUT2D eigenvalue weighted by molar-refractivity contribution is 5.91. The van der Waals surface area contributed by atoms with E-state index >= 15 is 0 Å². The lowest BCUT2D eigenvalue weighted by molar-refractivity contribution is -0.120. The Hall–Kier alpha value is -2.15. The largest absolute Gasteiger partial charge is 0.399 e. The predicted octanol–water partition coefficient (Wildman–Crippen LogP) is 0.804. The van der Waals surface area contributed by atoms with Gasteiger partial charge in [-0.3, -0.25) is 9.59 Å². The van der Waals surface area contributed by atoms with Crippen molar-refractivity contribution in [3.05, 3.63) is 24.0 Å². The third-order valence-electron chi connectivity index (χ3n) is 2.98. The number of halogens is 1.